The van der Waals surface area contributed by atoms with Crippen LogP contribution in [0.5, 0.6) is 5.75 Å². The molecule has 0 radical (unpaired) electrons. The average Bonchev–Trinajstić information content (AvgIpc) is 2.78. The molecule has 1 unspecified atom stereocenters. The Morgan fingerprint density at radius 1 is 1.10 bits per heavy atom. The first-order valence-corrected chi connectivity index (χ1v) is 10.7. The van der Waals surface area contributed by atoms with Crippen molar-refractivity contribution < 1.29 is 9.53 Å². The summed E-state index contributed by atoms with van der Waals surface area (Å²) in [7, 11) is 1.59. The molecular weight excluding hydrogens is 376 g/mol. The van der Waals surface area contributed by atoms with E-state index in [0.29, 0.717) is 35.8 Å². The first-order valence-electron chi connectivity index (χ1n) is 10.7. The third-order valence-electron chi connectivity index (χ3n) is 5.72. The summed E-state index contributed by atoms with van der Waals surface area (Å²) in [5, 5.41) is 6.61. The standard InChI is InChI=1S/C24H32N4O2/c1-3-26-24(25)27-19-15-13-18(14-16-19)22(17-9-5-4-6-10-17)28-23(29)20-11-7-8-12-21(20)30-2/h4-12,18-19,22H,3,13-16H2,1-2H3,(H,28,29)(H3,25,26,27)/t18-,19+,22?. The maximum absolute atomic E-state index is 13.1. The van der Waals surface area contributed by atoms with E-state index in [4.69, 9.17) is 10.5 Å². The van der Waals surface area contributed by atoms with Crippen LogP contribution >= 0.6 is 0 Å². The van der Waals surface area contributed by atoms with Crippen LogP contribution in [0.3, 0.4) is 0 Å². The van der Waals surface area contributed by atoms with E-state index in [1.54, 1.807) is 13.2 Å². The summed E-state index contributed by atoms with van der Waals surface area (Å²) in [4.78, 5) is 17.3. The SMILES string of the molecule is CCN=C(N)N[C@H]1CC[C@@H](C(NC(=O)c2ccccc2OC)c2ccccc2)CC1. The molecule has 0 spiro atoms. The normalized spacial score (nSPS) is 20.3. The fraction of sp³-hybridized carbons (Fsp3) is 0.417. The highest BCUT2D eigenvalue weighted by atomic mass is 16.5. The molecule has 1 aliphatic rings. The first kappa shape index (κ1) is 21.7. The Morgan fingerprint density at radius 3 is 2.43 bits per heavy atom. The minimum Gasteiger partial charge on any atom is -0.496 e. The van der Waals surface area contributed by atoms with Gasteiger partial charge in [0.15, 0.2) is 5.96 Å². The van der Waals surface area contributed by atoms with Crippen LogP contribution in [-0.4, -0.2) is 31.6 Å². The number of nitrogens with two attached hydrogens (primary N) is 1. The number of nitrogens with one attached hydrogen (secondary N) is 2. The molecule has 2 aromatic rings. The Hall–Kier alpha value is -3.02. The number of rotatable bonds is 7. The summed E-state index contributed by atoms with van der Waals surface area (Å²) < 4.78 is 5.38. The molecule has 0 aliphatic heterocycles. The third kappa shape index (κ3) is 5.53. The molecule has 1 fully saturated rings. The van der Waals surface area contributed by atoms with E-state index in [1.165, 1.54) is 0 Å². The molecule has 1 aliphatic carbocycles. The van der Waals surface area contributed by atoms with Gasteiger partial charge in [0, 0.05) is 12.6 Å². The van der Waals surface area contributed by atoms with Gasteiger partial charge in [-0.05, 0) is 56.2 Å². The predicted octanol–water partition coefficient (Wildman–Crippen LogP) is 3.65. The maximum atomic E-state index is 13.1. The minimum atomic E-state index is -0.110. The Balaban J connectivity index is 1.73. The number of methoxy groups -OCH3 is 1. The van der Waals surface area contributed by atoms with Gasteiger partial charge < -0.3 is 21.1 Å². The zero-order chi connectivity index (χ0) is 21.3. The molecule has 0 saturated heterocycles. The molecule has 160 valence electrons. The minimum absolute atomic E-state index is 0.0498. The number of amides is 1. The number of hydrogen-bond acceptors (Lipinski definition) is 3. The van der Waals surface area contributed by atoms with E-state index >= 15 is 0 Å². The summed E-state index contributed by atoms with van der Waals surface area (Å²) in [5.74, 6) is 1.35. The topological polar surface area (TPSA) is 88.7 Å². The van der Waals surface area contributed by atoms with Gasteiger partial charge in [-0.25, -0.2) is 0 Å². The van der Waals surface area contributed by atoms with E-state index < -0.39 is 0 Å². The number of carbonyl (C=O) groups excluding carboxylic acids is 1. The van der Waals surface area contributed by atoms with Crippen molar-refractivity contribution in [3.8, 4) is 5.75 Å². The highest BCUT2D eigenvalue weighted by Crippen LogP contribution is 2.35. The lowest BCUT2D eigenvalue weighted by atomic mass is 9.79. The molecule has 1 saturated carbocycles. The molecule has 30 heavy (non-hydrogen) atoms. The van der Waals surface area contributed by atoms with Crippen LogP contribution in [-0.2, 0) is 0 Å². The number of benzene rings is 2. The molecule has 0 aromatic heterocycles. The zero-order valence-corrected chi connectivity index (χ0v) is 17.8. The van der Waals surface area contributed by atoms with E-state index in [9.17, 15) is 4.79 Å². The highest BCUT2D eigenvalue weighted by molar-refractivity contribution is 5.97. The molecule has 6 nitrogen and oxygen atoms in total. The van der Waals surface area contributed by atoms with Crippen molar-refractivity contribution in [2.45, 2.75) is 44.7 Å². The van der Waals surface area contributed by atoms with Gasteiger partial charge >= 0.3 is 0 Å². The van der Waals surface area contributed by atoms with Gasteiger partial charge in [0.1, 0.15) is 5.75 Å². The van der Waals surface area contributed by atoms with Crippen molar-refractivity contribution in [2.24, 2.45) is 16.6 Å². The van der Waals surface area contributed by atoms with Gasteiger partial charge in [0.2, 0.25) is 0 Å². The summed E-state index contributed by atoms with van der Waals surface area (Å²) in [6.07, 6.45) is 4.00. The number of guanidine groups is 1. The number of nitrogens with zero attached hydrogens (tertiary/aromatic N) is 1. The molecule has 1 atom stereocenters. The van der Waals surface area contributed by atoms with Crippen LogP contribution in [0, 0.1) is 5.92 Å². The van der Waals surface area contributed by atoms with Gasteiger partial charge in [-0.3, -0.25) is 9.79 Å². The molecule has 2 aromatic carbocycles. The van der Waals surface area contributed by atoms with Crippen LogP contribution < -0.4 is 21.1 Å². The lowest BCUT2D eigenvalue weighted by Gasteiger charge is -2.35. The van der Waals surface area contributed by atoms with E-state index in [2.05, 4.69) is 27.8 Å². The highest BCUT2D eigenvalue weighted by Gasteiger charge is 2.30. The van der Waals surface area contributed by atoms with Gasteiger partial charge in [0.25, 0.3) is 5.91 Å². The molecule has 0 heterocycles. The Labute approximate surface area is 178 Å². The van der Waals surface area contributed by atoms with E-state index in [0.717, 1.165) is 31.2 Å². The summed E-state index contributed by atoms with van der Waals surface area (Å²) in [6, 6.07) is 17.8. The lowest BCUT2D eigenvalue weighted by molar-refractivity contribution is 0.0907. The molecule has 1 amide bonds. The fourth-order valence-corrected chi connectivity index (χ4v) is 4.21. The van der Waals surface area contributed by atoms with Crippen LogP contribution in [0.2, 0.25) is 0 Å². The second-order valence-corrected chi connectivity index (χ2v) is 7.68. The number of para-hydroxylation sites is 1. The number of carbonyl (C=O) groups is 1. The second kappa shape index (κ2) is 10.7. The first-order chi connectivity index (χ1) is 14.6. The molecule has 6 heteroatoms. The molecule has 0 bridgehead atoms. The Bertz CT molecular complexity index is 845. The van der Waals surface area contributed by atoms with Crippen molar-refractivity contribution in [1.29, 1.82) is 0 Å². The second-order valence-electron chi connectivity index (χ2n) is 7.68. The lowest BCUT2D eigenvalue weighted by Crippen LogP contribution is -2.43. The van der Waals surface area contributed by atoms with Crippen LogP contribution in [0.1, 0.15) is 54.6 Å². The zero-order valence-electron chi connectivity index (χ0n) is 17.8. The Morgan fingerprint density at radius 2 is 1.77 bits per heavy atom. The van der Waals surface area contributed by atoms with Gasteiger partial charge in [-0.2, -0.15) is 0 Å². The van der Waals surface area contributed by atoms with Crippen LogP contribution in [0.15, 0.2) is 59.6 Å². The van der Waals surface area contributed by atoms with Gasteiger partial charge in [-0.1, -0.05) is 42.5 Å². The van der Waals surface area contributed by atoms with Crippen LogP contribution in [0.25, 0.3) is 0 Å². The van der Waals surface area contributed by atoms with Crippen molar-refractivity contribution in [1.82, 2.24) is 10.6 Å². The van der Waals surface area contributed by atoms with E-state index in [-0.39, 0.29) is 11.9 Å². The summed E-state index contributed by atoms with van der Waals surface area (Å²) in [5.41, 5.74) is 7.61. The summed E-state index contributed by atoms with van der Waals surface area (Å²) in [6.45, 7) is 2.65. The monoisotopic (exact) mass is 408 g/mol. The third-order valence-corrected chi connectivity index (χ3v) is 5.72. The molecule has 3 rings (SSSR count). The maximum Gasteiger partial charge on any atom is 0.255 e. The van der Waals surface area contributed by atoms with Crippen molar-refractivity contribution in [2.75, 3.05) is 13.7 Å². The van der Waals surface area contributed by atoms with E-state index in [1.807, 2.05) is 43.3 Å². The number of ether oxygens (including phenoxy) is 1. The van der Waals surface area contributed by atoms with Gasteiger partial charge in [0.05, 0.1) is 18.7 Å². The summed E-state index contributed by atoms with van der Waals surface area (Å²) >= 11 is 0. The van der Waals surface area contributed by atoms with Crippen molar-refractivity contribution in [3.63, 3.8) is 0 Å². The van der Waals surface area contributed by atoms with Crippen molar-refractivity contribution in [3.05, 3.63) is 65.7 Å². The smallest absolute Gasteiger partial charge is 0.255 e. The molecular formula is C24H32N4O2. The fourth-order valence-electron chi connectivity index (χ4n) is 4.21. The Kier molecular flexibility index (Phi) is 7.71. The number of hydrogen-bond donors (Lipinski definition) is 3. The van der Waals surface area contributed by atoms with Crippen LogP contribution in [0.4, 0.5) is 0 Å². The van der Waals surface area contributed by atoms with Gasteiger partial charge in [-0.15, -0.1) is 0 Å². The number of aliphatic imine (C=N–C) groups is 1. The molecule has 4 N–H and O–H groups in total. The van der Waals surface area contributed by atoms with Crippen molar-refractivity contribution >= 4 is 11.9 Å². The quantitative estimate of drug-likeness (QED) is 0.482. The largest absolute Gasteiger partial charge is 0.496 e. The average molecular weight is 409 g/mol. The predicted molar refractivity (Wildman–Crippen MR) is 121 cm³/mol.